The molecule has 0 aromatic carbocycles. The van der Waals surface area contributed by atoms with Gasteiger partial charge in [-0.2, -0.15) is 0 Å². The van der Waals surface area contributed by atoms with Crippen molar-refractivity contribution in [2.45, 2.75) is 65.0 Å². The highest BCUT2D eigenvalue weighted by Crippen LogP contribution is 2.35. The molecule has 2 atom stereocenters. The summed E-state index contributed by atoms with van der Waals surface area (Å²) in [6.45, 7) is 7.84. The smallest absolute Gasteiger partial charge is 0.302 e. The number of carbonyl (C=O) groups excluding carboxylic acids is 1. The van der Waals surface area contributed by atoms with E-state index in [1.807, 2.05) is 13.8 Å². The maximum absolute atomic E-state index is 10.8. The highest BCUT2D eigenvalue weighted by molar-refractivity contribution is 5.65. The van der Waals surface area contributed by atoms with Gasteiger partial charge in [-0.05, 0) is 19.3 Å². The largest absolute Gasteiger partial charge is 0.463 e. The fraction of sp³-hybridized carbons (Fsp3) is 0.917. The number of esters is 1. The van der Waals surface area contributed by atoms with Crippen molar-refractivity contribution >= 4 is 5.97 Å². The molecular formula is C12H22O4. The van der Waals surface area contributed by atoms with E-state index in [1.54, 1.807) is 0 Å². The van der Waals surface area contributed by atoms with Crippen molar-refractivity contribution in [2.24, 2.45) is 0 Å². The van der Waals surface area contributed by atoms with Crippen LogP contribution in [-0.2, 0) is 19.0 Å². The van der Waals surface area contributed by atoms with Gasteiger partial charge in [0, 0.05) is 6.92 Å². The zero-order valence-electron chi connectivity index (χ0n) is 10.6. The average molecular weight is 230 g/mol. The quantitative estimate of drug-likeness (QED) is 0.680. The first-order chi connectivity index (χ1) is 7.56. The first-order valence-corrected chi connectivity index (χ1v) is 6.05. The fourth-order valence-electron chi connectivity index (χ4n) is 2.00. The number of hydrogen-bond acceptors (Lipinski definition) is 4. The third-order valence-electron chi connectivity index (χ3n) is 3.08. The second-order valence-electron chi connectivity index (χ2n) is 4.14. The molecule has 1 rings (SSSR count). The van der Waals surface area contributed by atoms with E-state index < -0.39 is 5.79 Å². The van der Waals surface area contributed by atoms with Gasteiger partial charge in [0.2, 0.25) is 0 Å². The standard InChI is InChI=1S/C12H22O4/c1-5-10-11(8-14-9(4)13)16-12(6-2,7-3)15-10/h10-11H,5-8H2,1-4H3. The summed E-state index contributed by atoms with van der Waals surface area (Å²) in [5.41, 5.74) is 0. The van der Waals surface area contributed by atoms with Crippen molar-refractivity contribution in [3.63, 3.8) is 0 Å². The monoisotopic (exact) mass is 230 g/mol. The van der Waals surface area contributed by atoms with Crippen LogP contribution in [0.3, 0.4) is 0 Å². The molecule has 0 radical (unpaired) electrons. The van der Waals surface area contributed by atoms with E-state index in [0.29, 0.717) is 0 Å². The molecule has 1 aliphatic rings. The van der Waals surface area contributed by atoms with Gasteiger partial charge < -0.3 is 14.2 Å². The lowest BCUT2D eigenvalue weighted by molar-refractivity contribution is -0.184. The molecule has 1 heterocycles. The van der Waals surface area contributed by atoms with Crippen molar-refractivity contribution in [3.8, 4) is 0 Å². The van der Waals surface area contributed by atoms with E-state index in [1.165, 1.54) is 6.92 Å². The highest BCUT2D eigenvalue weighted by atomic mass is 16.8. The maximum atomic E-state index is 10.8. The summed E-state index contributed by atoms with van der Waals surface area (Å²) in [5.74, 6) is -0.755. The van der Waals surface area contributed by atoms with E-state index in [-0.39, 0.29) is 24.8 Å². The van der Waals surface area contributed by atoms with E-state index in [4.69, 9.17) is 14.2 Å². The second kappa shape index (κ2) is 5.64. The first-order valence-electron chi connectivity index (χ1n) is 6.05. The van der Waals surface area contributed by atoms with Crippen LogP contribution in [0, 0.1) is 0 Å². The molecule has 4 nitrogen and oxygen atoms in total. The van der Waals surface area contributed by atoms with Crippen LogP contribution in [-0.4, -0.2) is 30.6 Å². The van der Waals surface area contributed by atoms with Crippen LogP contribution in [0.25, 0.3) is 0 Å². The van der Waals surface area contributed by atoms with Crippen LogP contribution >= 0.6 is 0 Å². The predicted molar refractivity (Wildman–Crippen MR) is 60.0 cm³/mol. The Morgan fingerprint density at radius 2 is 1.75 bits per heavy atom. The Balaban J connectivity index is 2.59. The molecule has 0 aromatic rings. The number of hydrogen-bond donors (Lipinski definition) is 0. The van der Waals surface area contributed by atoms with Gasteiger partial charge in [-0.15, -0.1) is 0 Å². The van der Waals surface area contributed by atoms with Crippen LogP contribution < -0.4 is 0 Å². The SMILES string of the molecule is CCC1OC(CC)(CC)OC1COC(C)=O. The van der Waals surface area contributed by atoms with Gasteiger partial charge in [0.25, 0.3) is 0 Å². The normalized spacial score (nSPS) is 28.0. The van der Waals surface area contributed by atoms with Gasteiger partial charge >= 0.3 is 5.97 Å². The lowest BCUT2D eigenvalue weighted by atomic mass is 10.1. The Morgan fingerprint density at radius 1 is 1.19 bits per heavy atom. The summed E-state index contributed by atoms with van der Waals surface area (Å²) in [6.07, 6.45) is 2.40. The van der Waals surface area contributed by atoms with Gasteiger partial charge in [-0.3, -0.25) is 4.79 Å². The predicted octanol–water partition coefficient (Wildman–Crippen LogP) is 2.26. The van der Waals surface area contributed by atoms with Crippen LogP contribution in [0.2, 0.25) is 0 Å². The molecule has 1 saturated heterocycles. The minimum atomic E-state index is -0.481. The summed E-state index contributed by atoms with van der Waals surface area (Å²) < 4.78 is 16.8. The molecule has 94 valence electrons. The Labute approximate surface area is 97.2 Å². The summed E-state index contributed by atoms with van der Waals surface area (Å²) in [5, 5.41) is 0. The van der Waals surface area contributed by atoms with Crippen LogP contribution in [0.4, 0.5) is 0 Å². The fourth-order valence-corrected chi connectivity index (χ4v) is 2.00. The lowest BCUT2D eigenvalue weighted by Crippen LogP contribution is -2.30. The third-order valence-corrected chi connectivity index (χ3v) is 3.08. The van der Waals surface area contributed by atoms with Crippen LogP contribution in [0.1, 0.15) is 47.0 Å². The molecule has 0 amide bonds. The van der Waals surface area contributed by atoms with Crippen molar-refractivity contribution in [3.05, 3.63) is 0 Å². The second-order valence-corrected chi connectivity index (χ2v) is 4.14. The van der Waals surface area contributed by atoms with Crippen molar-refractivity contribution < 1.29 is 19.0 Å². The molecule has 0 bridgehead atoms. The minimum absolute atomic E-state index is 0.0271. The summed E-state index contributed by atoms with van der Waals surface area (Å²) >= 11 is 0. The molecule has 0 spiro atoms. The molecule has 1 fully saturated rings. The van der Waals surface area contributed by atoms with E-state index >= 15 is 0 Å². The zero-order chi connectivity index (χ0) is 12.2. The molecule has 0 aliphatic carbocycles. The third kappa shape index (κ3) is 2.95. The zero-order valence-corrected chi connectivity index (χ0v) is 10.6. The van der Waals surface area contributed by atoms with Crippen LogP contribution in [0.15, 0.2) is 0 Å². The topological polar surface area (TPSA) is 44.8 Å². The summed E-state index contributed by atoms with van der Waals surface area (Å²) in [4.78, 5) is 10.8. The molecule has 2 unspecified atom stereocenters. The first kappa shape index (κ1) is 13.5. The highest BCUT2D eigenvalue weighted by Gasteiger charge is 2.44. The Morgan fingerprint density at radius 3 is 2.19 bits per heavy atom. The summed E-state index contributed by atoms with van der Waals surface area (Å²) in [6, 6.07) is 0. The van der Waals surface area contributed by atoms with E-state index in [0.717, 1.165) is 19.3 Å². The van der Waals surface area contributed by atoms with Gasteiger partial charge in [0.1, 0.15) is 12.7 Å². The summed E-state index contributed by atoms with van der Waals surface area (Å²) in [7, 11) is 0. The molecule has 0 saturated carbocycles. The Bertz CT molecular complexity index is 235. The molecule has 1 aliphatic heterocycles. The molecule has 4 heteroatoms. The van der Waals surface area contributed by atoms with Crippen LogP contribution in [0.5, 0.6) is 0 Å². The van der Waals surface area contributed by atoms with E-state index in [2.05, 4.69) is 6.92 Å². The average Bonchev–Trinajstić information content (AvgIpc) is 2.65. The maximum Gasteiger partial charge on any atom is 0.302 e. The van der Waals surface area contributed by atoms with E-state index in [9.17, 15) is 4.79 Å². The lowest BCUT2D eigenvalue weighted by Gasteiger charge is -2.25. The molecular weight excluding hydrogens is 208 g/mol. The number of rotatable bonds is 5. The van der Waals surface area contributed by atoms with Gasteiger partial charge in [-0.1, -0.05) is 20.8 Å². The van der Waals surface area contributed by atoms with Gasteiger partial charge in [0.15, 0.2) is 5.79 Å². The number of carbonyl (C=O) groups is 1. The Hall–Kier alpha value is -0.610. The van der Waals surface area contributed by atoms with Crippen molar-refractivity contribution in [1.29, 1.82) is 0 Å². The molecule has 0 N–H and O–H groups in total. The number of ether oxygens (including phenoxy) is 3. The molecule has 0 aromatic heterocycles. The molecule has 16 heavy (non-hydrogen) atoms. The Kier molecular flexibility index (Phi) is 4.74. The minimum Gasteiger partial charge on any atom is -0.463 e. The van der Waals surface area contributed by atoms with Crippen molar-refractivity contribution in [2.75, 3.05) is 6.61 Å². The van der Waals surface area contributed by atoms with Crippen molar-refractivity contribution in [1.82, 2.24) is 0 Å². The van der Waals surface area contributed by atoms with Gasteiger partial charge in [-0.25, -0.2) is 0 Å². The van der Waals surface area contributed by atoms with Gasteiger partial charge in [0.05, 0.1) is 6.10 Å².